The number of fused-ring (bicyclic) bond motifs is 1. The van der Waals surface area contributed by atoms with E-state index in [-0.39, 0.29) is 12.7 Å². The first kappa shape index (κ1) is 21.0. The van der Waals surface area contributed by atoms with Gasteiger partial charge in [0.1, 0.15) is 0 Å². The summed E-state index contributed by atoms with van der Waals surface area (Å²) in [6.07, 6.45) is 10.3. The Morgan fingerprint density at radius 3 is 2.61 bits per heavy atom. The zero-order valence-electron chi connectivity index (χ0n) is 17.9. The van der Waals surface area contributed by atoms with Crippen LogP contribution in [0.3, 0.4) is 0 Å². The van der Waals surface area contributed by atoms with E-state index in [4.69, 9.17) is 9.47 Å². The Kier molecular flexibility index (Phi) is 7.24. The number of nitriles is 1. The van der Waals surface area contributed by atoms with Crippen LogP contribution in [0.25, 0.3) is 0 Å². The normalized spacial score (nSPS) is 19.0. The molecule has 0 spiro atoms. The standard InChI is InChI=1S/C24H36N2O2/c1-19(2)24(17-25,21-10-11-22-23(16-21)28-18-27-22)13-7-14-26(3)15-12-20-8-5-4-6-9-20/h10-11,16,19-20H,4-9,12-15,18H2,1-3H3. The topological polar surface area (TPSA) is 45.5 Å². The maximum Gasteiger partial charge on any atom is 0.231 e. The molecule has 0 amide bonds. The molecule has 1 aliphatic carbocycles. The second-order valence-electron chi connectivity index (χ2n) is 9.01. The van der Waals surface area contributed by atoms with Gasteiger partial charge in [-0.1, -0.05) is 52.0 Å². The Balaban J connectivity index is 1.56. The first-order chi connectivity index (χ1) is 13.5. The zero-order chi connectivity index (χ0) is 20.0. The van der Waals surface area contributed by atoms with Gasteiger partial charge in [0.2, 0.25) is 6.79 Å². The van der Waals surface area contributed by atoms with Crippen LogP contribution in [0.2, 0.25) is 0 Å². The third-order valence-electron chi connectivity index (χ3n) is 6.83. The Morgan fingerprint density at radius 2 is 1.89 bits per heavy atom. The Bertz CT molecular complexity index is 676. The molecule has 0 aromatic heterocycles. The van der Waals surface area contributed by atoms with Crippen LogP contribution in [0.5, 0.6) is 11.5 Å². The highest BCUT2D eigenvalue weighted by Crippen LogP contribution is 2.41. The SMILES string of the molecule is CC(C)C(C#N)(CCCN(C)CCC1CCCCC1)c1ccc2c(c1)OCO2. The lowest BCUT2D eigenvalue weighted by Gasteiger charge is -2.32. The van der Waals surface area contributed by atoms with Gasteiger partial charge in [-0.3, -0.25) is 0 Å². The van der Waals surface area contributed by atoms with Crippen LogP contribution in [0.15, 0.2) is 18.2 Å². The van der Waals surface area contributed by atoms with E-state index in [9.17, 15) is 5.26 Å². The smallest absolute Gasteiger partial charge is 0.231 e. The molecule has 1 heterocycles. The number of nitrogens with zero attached hydrogens (tertiary/aromatic N) is 2. The highest BCUT2D eigenvalue weighted by Gasteiger charge is 2.36. The lowest BCUT2D eigenvalue weighted by molar-refractivity contribution is 0.174. The van der Waals surface area contributed by atoms with Crippen LogP contribution in [-0.4, -0.2) is 31.8 Å². The molecular weight excluding hydrogens is 348 g/mol. The minimum absolute atomic E-state index is 0.241. The molecule has 1 atom stereocenters. The van der Waals surface area contributed by atoms with Gasteiger partial charge >= 0.3 is 0 Å². The van der Waals surface area contributed by atoms with Crippen LogP contribution in [0.1, 0.15) is 70.8 Å². The van der Waals surface area contributed by atoms with Crippen molar-refractivity contribution >= 4 is 0 Å². The fourth-order valence-corrected chi connectivity index (χ4v) is 4.81. The van der Waals surface area contributed by atoms with Gasteiger partial charge in [-0.15, -0.1) is 0 Å². The fraction of sp³-hybridized carbons (Fsp3) is 0.708. The number of ether oxygens (including phenoxy) is 2. The predicted molar refractivity (Wildman–Crippen MR) is 113 cm³/mol. The summed E-state index contributed by atoms with van der Waals surface area (Å²) < 4.78 is 11.0. The van der Waals surface area contributed by atoms with Gasteiger partial charge in [0.25, 0.3) is 0 Å². The van der Waals surface area contributed by atoms with Crippen molar-refractivity contribution in [2.75, 3.05) is 26.9 Å². The van der Waals surface area contributed by atoms with Gasteiger partial charge < -0.3 is 14.4 Å². The van der Waals surface area contributed by atoms with Crippen molar-refractivity contribution in [3.8, 4) is 17.6 Å². The van der Waals surface area contributed by atoms with Crippen LogP contribution in [0.4, 0.5) is 0 Å². The van der Waals surface area contributed by atoms with Gasteiger partial charge in [0.05, 0.1) is 11.5 Å². The molecule has 4 nitrogen and oxygen atoms in total. The summed E-state index contributed by atoms with van der Waals surface area (Å²) in [6, 6.07) is 8.67. The quantitative estimate of drug-likeness (QED) is 0.563. The monoisotopic (exact) mass is 384 g/mol. The lowest BCUT2D eigenvalue weighted by Crippen LogP contribution is -2.32. The maximum atomic E-state index is 10.2. The molecule has 0 N–H and O–H groups in total. The molecule has 1 aromatic carbocycles. The van der Waals surface area contributed by atoms with E-state index < -0.39 is 5.41 Å². The predicted octanol–water partition coefficient (Wildman–Crippen LogP) is 5.52. The molecule has 4 heteroatoms. The number of rotatable bonds is 9. The van der Waals surface area contributed by atoms with Crippen molar-refractivity contribution in [1.29, 1.82) is 5.26 Å². The summed E-state index contributed by atoms with van der Waals surface area (Å²) in [7, 11) is 2.23. The largest absolute Gasteiger partial charge is 0.454 e. The van der Waals surface area contributed by atoms with E-state index in [0.29, 0.717) is 0 Å². The summed E-state index contributed by atoms with van der Waals surface area (Å²) in [5.41, 5.74) is 0.574. The lowest BCUT2D eigenvalue weighted by atomic mass is 9.69. The van der Waals surface area contributed by atoms with Crippen LogP contribution < -0.4 is 9.47 Å². The average Bonchev–Trinajstić information content (AvgIpc) is 3.18. The highest BCUT2D eigenvalue weighted by molar-refractivity contribution is 5.48. The van der Waals surface area contributed by atoms with Gasteiger partial charge in [-0.2, -0.15) is 5.26 Å². The van der Waals surface area contributed by atoms with E-state index in [1.54, 1.807) is 0 Å². The fourth-order valence-electron chi connectivity index (χ4n) is 4.81. The average molecular weight is 385 g/mol. The van der Waals surface area contributed by atoms with E-state index in [1.807, 2.05) is 18.2 Å². The molecule has 2 aliphatic rings. The van der Waals surface area contributed by atoms with Crippen molar-refractivity contribution in [3.63, 3.8) is 0 Å². The number of hydrogen-bond donors (Lipinski definition) is 0. The van der Waals surface area contributed by atoms with E-state index >= 15 is 0 Å². The van der Waals surface area contributed by atoms with Gasteiger partial charge in [-0.25, -0.2) is 0 Å². The third-order valence-corrected chi connectivity index (χ3v) is 6.83. The van der Waals surface area contributed by atoms with Crippen molar-refractivity contribution < 1.29 is 9.47 Å². The molecule has 3 rings (SSSR count). The Hall–Kier alpha value is -1.73. The van der Waals surface area contributed by atoms with E-state index in [1.165, 1.54) is 45.1 Å². The van der Waals surface area contributed by atoms with E-state index in [0.717, 1.165) is 42.4 Å². The Labute approximate surface area is 170 Å². The molecule has 0 bridgehead atoms. The van der Waals surface area contributed by atoms with Crippen LogP contribution in [-0.2, 0) is 5.41 Å². The molecule has 0 radical (unpaired) electrons. The molecule has 154 valence electrons. The second kappa shape index (κ2) is 9.65. The molecule has 0 saturated heterocycles. The Morgan fingerprint density at radius 1 is 1.14 bits per heavy atom. The number of benzene rings is 1. The van der Waals surface area contributed by atoms with Gasteiger partial charge in [-0.05, 0) is 68.9 Å². The first-order valence-corrected chi connectivity index (χ1v) is 11.0. The third kappa shape index (κ3) is 4.81. The number of hydrogen-bond acceptors (Lipinski definition) is 4. The van der Waals surface area contributed by atoms with Crippen molar-refractivity contribution in [3.05, 3.63) is 23.8 Å². The highest BCUT2D eigenvalue weighted by atomic mass is 16.7. The summed E-state index contributed by atoms with van der Waals surface area (Å²) in [6.45, 7) is 6.80. The summed E-state index contributed by atoms with van der Waals surface area (Å²) in [5, 5.41) is 10.2. The van der Waals surface area contributed by atoms with Crippen LogP contribution in [0, 0.1) is 23.2 Å². The van der Waals surface area contributed by atoms with Crippen molar-refractivity contribution in [2.45, 2.75) is 70.6 Å². The molecule has 1 aliphatic heterocycles. The minimum atomic E-state index is -0.481. The maximum absolute atomic E-state index is 10.2. The summed E-state index contributed by atoms with van der Waals surface area (Å²) >= 11 is 0. The molecule has 1 fully saturated rings. The summed E-state index contributed by atoms with van der Waals surface area (Å²) in [4.78, 5) is 2.46. The molecular formula is C24H36N2O2. The minimum Gasteiger partial charge on any atom is -0.454 e. The molecule has 1 saturated carbocycles. The van der Waals surface area contributed by atoms with Crippen molar-refractivity contribution in [2.24, 2.45) is 11.8 Å². The van der Waals surface area contributed by atoms with Crippen molar-refractivity contribution in [1.82, 2.24) is 4.90 Å². The molecule has 28 heavy (non-hydrogen) atoms. The van der Waals surface area contributed by atoms with E-state index in [2.05, 4.69) is 31.9 Å². The second-order valence-corrected chi connectivity index (χ2v) is 9.01. The summed E-state index contributed by atoms with van der Waals surface area (Å²) in [5.74, 6) is 2.72. The van der Waals surface area contributed by atoms with Crippen LogP contribution >= 0.6 is 0 Å². The van der Waals surface area contributed by atoms with Gasteiger partial charge in [0.15, 0.2) is 11.5 Å². The zero-order valence-corrected chi connectivity index (χ0v) is 17.9. The van der Waals surface area contributed by atoms with Gasteiger partial charge in [0, 0.05) is 0 Å². The molecule has 1 unspecified atom stereocenters. The first-order valence-electron chi connectivity index (χ1n) is 11.0. The molecule has 1 aromatic rings.